The molecule has 2 saturated heterocycles. The minimum atomic E-state index is -4.38. The van der Waals surface area contributed by atoms with E-state index in [-0.39, 0.29) is 35.9 Å². The van der Waals surface area contributed by atoms with Crippen molar-refractivity contribution >= 4 is 27.3 Å². The first-order chi connectivity index (χ1) is 16.2. The molecule has 2 aromatic heterocycles. The minimum Gasteiger partial charge on any atom is -0.508 e. The molecule has 2 fully saturated rings. The first-order valence-electron chi connectivity index (χ1n) is 10.2. The molecule has 2 aliphatic heterocycles. The molecule has 0 aliphatic carbocycles. The Balaban J connectivity index is 1.29. The number of benzene rings is 1. The zero-order chi connectivity index (χ0) is 24.1. The second kappa shape index (κ2) is 8.38. The van der Waals surface area contributed by atoms with E-state index in [1.165, 1.54) is 23.3 Å². The average molecular weight is 494 g/mol. The smallest absolute Gasteiger partial charge is 0.336 e. The number of para-hydroxylation sites is 1. The second-order valence-corrected chi connectivity index (χ2v) is 9.41. The van der Waals surface area contributed by atoms with E-state index in [9.17, 15) is 23.7 Å². The largest absolute Gasteiger partial charge is 0.508 e. The van der Waals surface area contributed by atoms with Crippen LogP contribution in [0.25, 0.3) is 11.2 Å². The molecule has 2 aliphatic rings. The standard InChI is InChI=1S/C19H22N6O8S/c20-16-13-17(22-8-21-16)25(9-23-13)18-15(28)14(27)12(33-18)5-32-34(29,30)24-19(6-31-7-19)10-3-1-2-4-11(10)26/h1-4,8-9,12,14-15,18,24,26-28H,5-7H2,(H2,20,21,22)/t12-,14-,15-,18-/m1/s1. The van der Waals surface area contributed by atoms with Gasteiger partial charge in [-0.3, -0.25) is 8.75 Å². The number of phenols is 1. The fraction of sp³-hybridized carbons (Fsp3) is 0.421. The summed E-state index contributed by atoms with van der Waals surface area (Å²) in [5.41, 5.74) is 5.48. The molecule has 34 heavy (non-hydrogen) atoms. The van der Waals surface area contributed by atoms with Crippen molar-refractivity contribution in [2.45, 2.75) is 30.1 Å². The van der Waals surface area contributed by atoms with E-state index in [0.717, 1.165) is 0 Å². The third kappa shape index (κ3) is 3.86. The van der Waals surface area contributed by atoms with E-state index < -0.39 is 47.0 Å². The van der Waals surface area contributed by atoms with Gasteiger partial charge in [0.05, 0.1) is 26.1 Å². The SMILES string of the molecule is Nc1ncnc2c1ncn2[C@@H]1O[C@H](COS(=O)(=O)NC2(c3ccccc3O)COC2)[C@@H](O)[C@H]1O. The lowest BCUT2D eigenvalue weighted by atomic mass is 9.88. The van der Waals surface area contributed by atoms with Gasteiger partial charge in [0.25, 0.3) is 0 Å². The Morgan fingerprint density at radius 1 is 1.21 bits per heavy atom. The summed E-state index contributed by atoms with van der Waals surface area (Å²) in [6, 6.07) is 6.29. The van der Waals surface area contributed by atoms with E-state index in [0.29, 0.717) is 5.56 Å². The van der Waals surface area contributed by atoms with Crippen molar-refractivity contribution in [2.24, 2.45) is 0 Å². The number of nitrogens with one attached hydrogen (secondary N) is 1. The van der Waals surface area contributed by atoms with Crippen LogP contribution < -0.4 is 10.5 Å². The number of aromatic nitrogens is 4. The number of hydrogen-bond donors (Lipinski definition) is 5. The summed E-state index contributed by atoms with van der Waals surface area (Å²) in [4.78, 5) is 12.0. The molecule has 4 heterocycles. The Kier molecular flexibility index (Phi) is 5.64. The predicted molar refractivity (Wildman–Crippen MR) is 114 cm³/mol. The molecule has 3 aromatic rings. The van der Waals surface area contributed by atoms with Gasteiger partial charge in [-0.15, -0.1) is 0 Å². The Labute approximate surface area is 193 Å². The minimum absolute atomic E-state index is 0.00476. The predicted octanol–water partition coefficient (Wildman–Crippen LogP) is -1.49. The Hall–Kier alpha value is -2.92. The molecule has 4 atom stereocenters. The van der Waals surface area contributed by atoms with Crippen molar-refractivity contribution in [1.29, 1.82) is 0 Å². The van der Waals surface area contributed by atoms with Gasteiger partial charge >= 0.3 is 10.3 Å². The molecule has 14 nitrogen and oxygen atoms in total. The number of ether oxygens (including phenoxy) is 2. The number of nitrogens with two attached hydrogens (primary N) is 1. The van der Waals surface area contributed by atoms with Gasteiger partial charge in [-0.2, -0.15) is 13.1 Å². The molecule has 0 bridgehead atoms. The number of aliphatic hydroxyl groups excluding tert-OH is 2. The van der Waals surface area contributed by atoms with Crippen LogP contribution in [-0.4, -0.2) is 81.4 Å². The summed E-state index contributed by atoms with van der Waals surface area (Å²) >= 11 is 0. The van der Waals surface area contributed by atoms with Crippen LogP contribution in [-0.2, 0) is 29.5 Å². The molecule has 0 spiro atoms. The molecule has 1 aromatic carbocycles. The lowest BCUT2D eigenvalue weighted by Gasteiger charge is -2.41. The average Bonchev–Trinajstić information content (AvgIpc) is 3.32. The molecule has 182 valence electrons. The maximum absolute atomic E-state index is 12.7. The summed E-state index contributed by atoms with van der Waals surface area (Å²) in [5, 5.41) is 31.1. The maximum atomic E-state index is 12.7. The second-order valence-electron chi connectivity index (χ2n) is 8.06. The van der Waals surface area contributed by atoms with Crippen molar-refractivity contribution < 1.29 is 37.4 Å². The van der Waals surface area contributed by atoms with Gasteiger partial charge in [-0.25, -0.2) is 15.0 Å². The summed E-state index contributed by atoms with van der Waals surface area (Å²) in [6.45, 7) is -0.601. The summed E-state index contributed by atoms with van der Waals surface area (Å²) in [5.74, 6) is 0.0400. The molecule has 0 saturated carbocycles. The molecular weight excluding hydrogens is 472 g/mol. The van der Waals surface area contributed by atoms with Crippen molar-refractivity contribution in [2.75, 3.05) is 25.6 Å². The zero-order valence-corrected chi connectivity index (χ0v) is 18.4. The summed E-state index contributed by atoms with van der Waals surface area (Å²) in [6.07, 6.45) is -2.65. The van der Waals surface area contributed by atoms with Crippen LogP contribution in [0.4, 0.5) is 5.82 Å². The highest BCUT2D eigenvalue weighted by Gasteiger charge is 2.48. The monoisotopic (exact) mass is 494 g/mol. The number of anilines is 1. The first kappa shape index (κ1) is 22.9. The third-order valence-electron chi connectivity index (χ3n) is 5.82. The Morgan fingerprint density at radius 2 is 1.97 bits per heavy atom. The number of nitrogens with zero attached hydrogens (tertiary/aromatic N) is 4. The summed E-state index contributed by atoms with van der Waals surface area (Å²) < 4.78 is 45.0. The van der Waals surface area contributed by atoms with Crippen molar-refractivity contribution in [3.63, 3.8) is 0 Å². The zero-order valence-electron chi connectivity index (χ0n) is 17.6. The van der Waals surface area contributed by atoms with E-state index >= 15 is 0 Å². The Morgan fingerprint density at radius 3 is 2.68 bits per heavy atom. The molecule has 0 unspecified atom stereocenters. The number of aromatic hydroxyl groups is 1. The highest BCUT2D eigenvalue weighted by molar-refractivity contribution is 7.84. The van der Waals surface area contributed by atoms with Crippen molar-refractivity contribution in [1.82, 2.24) is 24.2 Å². The summed E-state index contributed by atoms with van der Waals surface area (Å²) in [7, 11) is -4.38. The molecule has 0 amide bonds. The normalized spacial score (nSPS) is 26.5. The molecule has 6 N–H and O–H groups in total. The van der Waals surface area contributed by atoms with Crippen LogP contribution in [0, 0.1) is 0 Å². The van der Waals surface area contributed by atoms with Crippen LogP contribution >= 0.6 is 0 Å². The number of aliphatic hydroxyl groups is 2. The van der Waals surface area contributed by atoms with Gasteiger partial charge in [0.15, 0.2) is 17.7 Å². The van der Waals surface area contributed by atoms with Crippen LogP contribution in [0.15, 0.2) is 36.9 Å². The first-order valence-corrected chi connectivity index (χ1v) is 11.6. The molecule has 15 heteroatoms. The van der Waals surface area contributed by atoms with Gasteiger partial charge in [0.2, 0.25) is 0 Å². The van der Waals surface area contributed by atoms with Gasteiger partial charge in [0, 0.05) is 5.56 Å². The third-order valence-corrected chi connectivity index (χ3v) is 6.91. The van der Waals surface area contributed by atoms with Crippen LogP contribution in [0.5, 0.6) is 5.75 Å². The van der Waals surface area contributed by atoms with E-state index in [4.69, 9.17) is 19.4 Å². The lowest BCUT2D eigenvalue weighted by Crippen LogP contribution is -2.59. The van der Waals surface area contributed by atoms with Crippen LogP contribution in [0.2, 0.25) is 0 Å². The molecule has 0 radical (unpaired) electrons. The van der Waals surface area contributed by atoms with E-state index in [2.05, 4.69) is 19.7 Å². The quantitative estimate of drug-likeness (QED) is 0.255. The molecule has 5 rings (SSSR count). The topological polar surface area (TPSA) is 204 Å². The fourth-order valence-corrected chi connectivity index (χ4v) is 5.11. The highest BCUT2D eigenvalue weighted by atomic mass is 32.2. The lowest BCUT2D eigenvalue weighted by molar-refractivity contribution is -0.0704. The van der Waals surface area contributed by atoms with E-state index in [1.807, 2.05) is 0 Å². The number of fused-ring (bicyclic) bond motifs is 1. The molecular formula is C19H22N6O8S. The van der Waals surface area contributed by atoms with E-state index in [1.54, 1.807) is 18.2 Å². The number of phenolic OH excluding ortho intramolecular Hbond substituents is 1. The van der Waals surface area contributed by atoms with Gasteiger partial charge in [-0.05, 0) is 6.07 Å². The van der Waals surface area contributed by atoms with Gasteiger partial charge in [0.1, 0.15) is 41.4 Å². The number of imidazole rings is 1. The van der Waals surface area contributed by atoms with Gasteiger partial charge < -0.3 is 30.5 Å². The van der Waals surface area contributed by atoms with Crippen LogP contribution in [0.3, 0.4) is 0 Å². The maximum Gasteiger partial charge on any atom is 0.336 e. The fourth-order valence-electron chi connectivity index (χ4n) is 4.03. The van der Waals surface area contributed by atoms with Crippen molar-refractivity contribution in [3.8, 4) is 5.75 Å². The van der Waals surface area contributed by atoms with Crippen LogP contribution in [0.1, 0.15) is 11.8 Å². The number of rotatable bonds is 7. The number of hydrogen-bond acceptors (Lipinski definition) is 12. The highest BCUT2D eigenvalue weighted by Crippen LogP contribution is 2.36. The van der Waals surface area contributed by atoms with Crippen molar-refractivity contribution in [3.05, 3.63) is 42.5 Å². The Bertz CT molecular complexity index is 1310. The van der Waals surface area contributed by atoms with Gasteiger partial charge in [-0.1, -0.05) is 18.2 Å². The number of nitrogen functional groups attached to an aromatic ring is 1.